The number of hydrogen-bond donors (Lipinski definition) is 1. The normalized spacial score (nSPS) is 19.4. The molecule has 1 fully saturated rings. The van der Waals surface area contributed by atoms with E-state index in [1.165, 1.54) is 12.8 Å². The molecule has 1 rings (SSSR count). The van der Waals surface area contributed by atoms with Crippen molar-refractivity contribution in [3.05, 3.63) is 11.6 Å². The Balaban J connectivity index is 2.01. The monoisotopic (exact) mass is 189 g/mol. The molecule has 0 atom stereocenters. The van der Waals surface area contributed by atoms with Gasteiger partial charge >= 0.3 is 0 Å². The van der Waals surface area contributed by atoms with Crippen molar-refractivity contribution in [1.82, 2.24) is 5.32 Å². The van der Waals surface area contributed by atoms with E-state index in [-0.39, 0.29) is 0 Å². The van der Waals surface area contributed by atoms with Crippen molar-refractivity contribution in [2.75, 3.05) is 26.3 Å². The van der Waals surface area contributed by atoms with Crippen LogP contribution in [-0.2, 0) is 4.74 Å². The van der Waals surface area contributed by atoms with Gasteiger partial charge in [-0.3, -0.25) is 0 Å². The van der Waals surface area contributed by atoms with Crippen molar-refractivity contribution in [2.24, 2.45) is 5.92 Å². The fourth-order valence-electron chi connectivity index (χ4n) is 1.36. The summed E-state index contributed by atoms with van der Waals surface area (Å²) in [4.78, 5) is 0. The van der Waals surface area contributed by atoms with Crippen LogP contribution in [0, 0.1) is 5.92 Å². The van der Waals surface area contributed by atoms with E-state index in [1.807, 2.05) is 0 Å². The van der Waals surface area contributed by atoms with E-state index in [0.717, 1.165) is 32.2 Å². The van der Waals surface area contributed by atoms with E-state index in [1.54, 1.807) is 0 Å². The van der Waals surface area contributed by atoms with Crippen molar-refractivity contribution in [1.29, 1.82) is 0 Å². The van der Waals surface area contributed by atoms with Gasteiger partial charge in [0.15, 0.2) is 0 Å². The van der Waals surface area contributed by atoms with Gasteiger partial charge in [0.05, 0.1) is 0 Å². The van der Waals surface area contributed by atoms with Crippen LogP contribution in [0.2, 0.25) is 0 Å². The van der Waals surface area contributed by atoms with Gasteiger partial charge < -0.3 is 10.1 Å². The fraction of sp³-hybridized carbons (Fsp3) is 0.778. The molecule has 12 heavy (non-hydrogen) atoms. The van der Waals surface area contributed by atoms with Gasteiger partial charge in [0.2, 0.25) is 0 Å². The Bertz CT molecular complexity index is 143. The Morgan fingerprint density at radius 1 is 1.50 bits per heavy atom. The molecule has 3 heteroatoms. The zero-order chi connectivity index (χ0) is 8.81. The molecule has 1 aliphatic heterocycles. The summed E-state index contributed by atoms with van der Waals surface area (Å²) in [5.74, 6) is 0.759. The Morgan fingerprint density at radius 2 is 2.17 bits per heavy atom. The smallest absolute Gasteiger partial charge is 0.0469 e. The van der Waals surface area contributed by atoms with Crippen molar-refractivity contribution in [3.8, 4) is 0 Å². The fourth-order valence-corrected chi connectivity index (χ4v) is 1.46. The lowest BCUT2D eigenvalue weighted by atomic mass is 10.0. The molecule has 1 heterocycles. The zero-order valence-corrected chi connectivity index (χ0v) is 8.07. The molecule has 0 unspecified atom stereocenters. The predicted octanol–water partition coefficient (Wildman–Crippen LogP) is 1.76. The van der Waals surface area contributed by atoms with Crippen LogP contribution in [0.5, 0.6) is 0 Å². The molecular weight excluding hydrogens is 174 g/mol. The Hall–Kier alpha value is -0.0500. The van der Waals surface area contributed by atoms with E-state index in [9.17, 15) is 0 Å². The molecule has 0 radical (unpaired) electrons. The summed E-state index contributed by atoms with van der Waals surface area (Å²) in [5, 5.41) is 3.95. The largest absolute Gasteiger partial charge is 0.381 e. The summed E-state index contributed by atoms with van der Waals surface area (Å²) in [7, 11) is 0. The first-order chi connectivity index (χ1) is 5.79. The minimum absolute atomic E-state index is 0.682. The van der Waals surface area contributed by atoms with Crippen LogP contribution >= 0.6 is 11.6 Å². The van der Waals surface area contributed by atoms with E-state index < -0.39 is 0 Å². The van der Waals surface area contributed by atoms with Gasteiger partial charge in [-0.05, 0) is 25.3 Å². The second-order valence-electron chi connectivity index (χ2n) is 3.20. The van der Waals surface area contributed by atoms with Crippen LogP contribution in [-0.4, -0.2) is 26.3 Å². The third-order valence-electron chi connectivity index (χ3n) is 2.09. The lowest BCUT2D eigenvalue weighted by Crippen LogP contribution is -2.28. The van der Waals surface area contributed by atoms with Crippen LogP contribution in [0.25, 0.3) is 0 Å². The molecule has 0 saturated carbocycles. The maximum atomic E-state index is 5.61. The molecule has 0 aromatic rings. The van der Waals surface area contributed by atoms with Crippen LogP contribution in [0.3, 0.4) is 0 Å². The predicted molar refractivity (Wildman–Crippen MR) is 51.4 cm³/mol. The summed E-state index contributed by atoms with van der Waals surface area (Å²) < 4.78 is 5.26. The van der Waals surface area contributed by atoms with Gasteiger partial charge in [-0.2, -0.15) is 0 Å². The summed E-state index contributed by atoms with van der Waals surface area (Å²) >= 11 is 5.61. The second-order valence-corrected chi connectivity index (χ2v) is 3.74. The Kier molecular flexibility index (Phi) is 4.66. The van der Waals surface area contributed by atoms with Crippen LogP contribution in [0.4, 0.5) is 0 Å². The van der Waals surface area contributed by atoms with E-state index in [0.29, 0.717) is 5.03 Å². The first kappa shape index (κ1) is 10.0. The van der Waals surface area contributed by atoms with Crippen molar-refractivity contribution in [2.45, 2.75) is 12.8 Å². The maximum absolute atomic E-state index is 5.61. The van der Waals surface area contributed by atoms with E-state index >= 15 is 0 Å². The van der Waals surface area contributed by atoms with Crippen LogP contribution in [0.15, 0.2) is 11.6 Å². The summed E-state index contributed by atoms with van der Waals surface area (Å²) in [6, 6.07) is 0. The number of hydrogen-bond acceptors (Lipinski definition) is 2. The molecule has 1 aliphatic rings. The van der Waals surface area contributed by atoms with Gasteiger partial charge in [-0.1, -0.05) is 18.2 Å². The molecule has 0 spiro atoms. The van der Waals surface area contributed by atoms with Gasteiger partial charge in [-0.15, -0.1) is 0 Å². The van der Waals surface area contributed by atoms with Crippen LogP contribution in [0.1, 0.15) is 12.8 Å². The van der Waals surface area contributed by atoms with Gasteiger partial charge in [0.25, 0.3) is 0 Å². The van der Waals surface area contributed by atoms with Crippen LogP contribution < -0.4 is 5.32 Å². The lowest BCUT2D eigenvalue weighted by molar-refractivity contribution is 0.0666. The highest BCUT2D eigenvalue weighted by molar-refractivity contribution is 6.29. The molecule has 0 amide bonds. The highest BCUT2D eigenvalue weighted by atomic mass is 35.5. The van der Waals surface area contributed by atoms with Crippen molar-refractivity contribution >= 4 is 11.6 Å². The molecule has 0 aromatic heterocycles. The third kappa shape index (κ3) is 4.10. The van der Waals surface area contributed by atoms with Gasteiger partial charge in [0.1, 0.15) is 0 Å². The molecule has 0 bridgehead atoms. The highest BCUT2D eigenvalue weighted by Gasteiger charge is 2.12. The zero-order valence-electron chi connectivity index (χ0n) is 7.31. The SMILES string of the molecule is C=C(Cl)CNCC1CCOCC1. The topological polar surface area (TPSA) is 21.3 Å². The molecular formula is C9H16ClNO. The molecule has 1 N–H and O–H groups in total. The molecule has 70 valence electrons. The molecule has 0 aromatic carbocycles. The first-order valence-electron chi connectivity index (χ1n) is 4.41. The molecule has 2 nitrogen and oxygen atoms in total. The Labute approximate surface area is 78.9 Å². The first-order valence-corrected chi connectivity index (χ1v) is 4.78. The summed E-state index contributed by atoms with van der Waals surface area (Å²) in [5.41, 5.74) is 0. The quantitative estimate of drug-likeness (QED) is 0.728. The average Bonchev–Trinajstić information content (AvgIpc) is 2.05. The molecule has 0 aliphatic carbocycles. The summed E-state index contributed by atoms with van der Waals surface area (Å²) in [6.07, 6.45) is 2.34. The summed E-state index contributed by atoms with van der Waals surface area (Å²) in [6.45, 7) is 7.20. The van der Waals surface area contributed by atoms with Gasteiger partial charge in [0, 0.05) is 24.8 Å². The highest BCUT2D eigenvalue weighted by Crippen LogP contribution is 2.13. The van der Waals surface area contributed by atoms with E-state index in [2.05, 4.69) is 11.9 Å². The standard InChI is InChI=1S/C9H16ClNO/c1-8(10)6-11-7-9-2-4-12-5-3-9/h9,11H,1-7H2. The minimum Gasteiger partial charge on any atom is -0.381 e. The minimum atomic E-state index is 0.682. The third-order valence-corrected chi connectivity index (χ3v) is 2.22. The lowest BCUT2D eigenvalue weighted by Gasteiger charge is -2.22. The number of halogens is 1. The number of nitrogens with one attached hydrogen (secondary N) is 1. The van der Waals surface area contributed by atoms with E-state index in [4.69, 9.17) is 16.3 Å². The van der Waals surface area contributed by atoms with Gasteiger partial charge in [-0.25, -0.2) is 0 Å². The molecule has 1 saturated heterocycles. The van der Waals surface area contributed by atoms with Crippen molar-refractivity contribution < 1.29 is 4.74 Å². The Morgan fingerprint density at radius 3 is 2.75 bits per heavy atom. The second kappa shape index (κ2) is 5.57. The number of ether oxygens (including phenoxy) is 1. The average molecular weight is 190 g/mol. The number of rotatable bonds is 4. The maximum Gasteiger partial charge on any atom is 0.0469 e. The van der Waals surface area contributed by atoms with Crippen molar-refractivity contribution in [3.63, 3.8) is 0 Å².